The number of thioether (sulfide) groups is 1. The van der Waals surface area contributed by atoms with E-state index >= 15 is 0 Å². The third-order valence-corrected chi connectivity index (χ3v) is 4.46. The summed E-state index contributed by atoms with van der Waals surface area (Å²) >= 11 is 2.00. The van der Waals surface area contributed by atoms with Gasteiger partial charge in [-0.1, -0.05) is 0 Å². The van der Waals surface area contributed by atoms with E-state index in [-0.39, 0.29) is 16.7 Å². The summed E-state index contributed by atoms with van der Waals surface area (Å²) in [6.07, 6.45) is 2.42. The molecular formula is C15H22N2O3S. The second kappa shape index (κ2) is 7.54. The van der Waals surface area contributed by atoms with Crippen LogP contribution in [0.4, 0.5) is 11.4 Å². The Kier molecular flexibility index (Phi) is 5.73. The first kappa shape index (κ1) is 15.9. The number of hydrogen-bond donors (Lipinski definition) is 1. The fourth-order valence-corrected chi connectivity index (χ4v) is 3.55. The number of nitro groups is 1. The lowest BCUT2D eigenvalue weighted by molar-refractivity contribution is -0.384. The van der Waals surface area contributed by atoms with Crippen LogP contribution in [0.1, 0.15) is 26.7 Å². The van der Waals surface area contributed by atoms with Gasteiger partial charge in [-0.25, -0.2) is 0 Å². The number of anilines is 1. The van der Waals surface area contributed by atoms with E-state index in [0.717, 1.165) is 12.2 Å². The zero-order chi connectivity index (χ0) is 15.2. The van der Waals surface area contributed by atoms with Gasteiger partial charge in [-0.2, -0.15) is 11.8 Å². The lowest BCUT2D eigenvalue weighted by atomic mass is 10.0. The summed E-state index contributed by atoms with van der Waals surface area (Å²) in [4.78, 5) is 10.6. The van der Waals surface area contributed by atoms with Crippen molar-refractivity contribution in [3.63, 3.8) is 0 Å². The van der Waals surface area contributed by atoms with Gasteiger partial charge in [0.05, 0.1) is 17.1 Å². The molecule has 1 aliphatic heterocycles. The molecule has 1 saturated heterocycles. The normalized spacial score (nSPS) is 16.0. The van der Waals surface area contributed by atoms with Crippen molar-refractivity contribution in [2.75, 3.05) is 23.4 Å². The Labute approximate surface area is 129 Å². The Morgan fingerprint density at radius 1 is 1.38 bits per heavy atom. The summed E-state index contributed by atoms with van der Waals surface area (Å²) in [5, 5.41) is 14.3. The molecule has 2 rings (SSSR count). The van der Waals surface area contributed by atoms with Crippen LogP contribution in [-0.2, 0) is 0 Å². The Hall–Kier alpha value is -1.43. The fourth-order valence-electron chi connectivity index (χ4n) is 2.34. The first-order chi connectivity index (χ1) is 10.0. The SMILES string of the molecule is CC(C)Oc1cc(NCC2CCSCC2)cc([N+](=O)[O-])c1. The average Bonchev–Trinajstić information content (AvgIpc) is 2.45. The first-order valence-electron chi connectivity index (χ1n) is 7.32. The predicted molar refractivity (Wildman–Crippen MR) is 87.4 cm³/mol. The van der Waals surface area contributed by atoms with Gasteiger partial charge >= 0.3 is 0 Å². The highest BCUT2D eigenvalue weighted by molar-refractivity contribution is 7.99. The Morgan fingerprint density at radius 3 is 2.71 bits per heavy atom. The van der Waals surface area contributed by atoms with Gasteiger partial charge in [0.1, 0.15) is 5.75 Å². The minimum atomic E-state index is -0.379. The summed E-state index contributed by atoms with van der Waals surface area (Å²) in [7, 11) is 0. The maximum atomic E-state index is 11.0. The summed E-state index contributed by atoms with van der Waals surface area (Å²) in [5.41, 5.74) is 0.827. The number of hydrogen-bond acceptors (Lipinski definition) is 5. The van der Waals surface area contributed by atoms with E-state index in [4.69, 9.17) is 4.74 Å². The van der Waals surface area contributed by atoms with E-state index in [1.54, 1.807) is 6.07 Å². The third-order valence-electron chi connectivity index (χ3n) is 3.41. The van der Waals surface area contributed by atoms with Crippen LogP contribution in [0.3, 0.4) is 0 Å². The highest BCUT2D eigenvalue weighted by Gasteiger charge is 2.15. The van der Waals surface area contributed by atoms with Crippen molar-refractivity contribution in [2.24, 2.45) is 5.92 Å². The number of nitrogens with one attached hydrogen (secondary N) is 1. The zero-order valence-corrected chi connectivity index (χ0v) is 13.3. The van der Waals surface area contributed by atoms with Crippen LogP contribution >= 0.6 is 11.8 Å². The summed E-state index contributed by atoms with van der Waals surface area (Å²) < 4.78 is 5.59. The quantitative estimate of drug-likeness (QED) is 0.637. The molecule has 1 N–H and O–H groups in total. The monoisotopic (exact) mass is 310 g/mol. The van der Waals surface area contributed by atoms with E-state index in [9.17, 15) is 10.1 Å². The molecule has 6 heteroatoms. The van der Waals surface area contributed by atoms with Gasteiger partial charge in [-0.05, 0) is 44.1 Å². The molecule has 5 nitrogen and oxygen atoms in total. The van der Waals surface area contributed by atoms with E-state index in [2.05, 4.69) is 5.32 Å². The van der Waals surface area contributed by atoms with Gasteiger partial charge in [0, 0.05) is 24.4 Å². The maximum Gasteiger partial charge on any atom is 0.275 e. The molecule has 0 amide bonds. The van der Waals surface area contributed by atoms with Gasteiger partial charge in [0.25, 0.3) is 5.69 Å². The molecule has 0 radical (unpaired) electrons. The molecule has 0 atom stereocenters. The third kappa shape index (κ3) is 5.12. The summed E-state index contributed by atoms with van der Waals surface area (Å²) in [6, 6.07) is 4.89. The number of benzene rings is 1. The van der Waals surface area contributed by atoms with Gasteiger partial charge in [0.2, 0.25) is 0 Å². The number of non-ortho nitro benzene ring substituents is 1. The van der Waals surface area contributed by atoms with Crippen molar-refractivity contribution in [1.29, 1.82) is 0 Å². The van der Waals surface area contributed by atoms with Crippen LogP contribution in [0, 0.1) is 16.0 Å². The minimum absolute atomic E-state index is 0.00442. The molecule has 1 aliphatic rings. The smallest absolute Gasteiger partial charge is 0.275 e. The minimum Gasteiger partial charge on any atom is -0.491 e. The van der Waals surface area contributed by atoms with Crippen molar-refractivity contribution in [3.05, 3.63) is 28.3 Å². The van der Waals surface area contributed by atoms with E-state index in [1.165, 1.54) is 30.4 Å². The molecule has 1 fully saturated rings. The van der Waals surface area contributed by atoms with E-state index in [0.29, 0.717) is 11.7 Å². The molecular weight excluding hydrogens is 288 g/mol. The molecule has 116 valence electrons. The Bertz CT molecular complexity index is 488. The van der Waals surface area contributed by atoms with Crippen LogP contribution in [0.5, 0.6) is 5.75 Å². The molecule has 1 heterocycles. The molecule has 1 aromatic rings. The Morgan fingerprint density at radius 2 is 2.10 bits per heavy atom. The highest BCUT2D eigenvalue weighted by Crippen LogP contribution is 2.28. The second-order valence-electron chi connectivity index (χ2n) is 5.58. The molecule has 0 bridgehead atoms. The van der Waals surface area contributed by atoms with Crippen LogP contribution in [0.25, 0.3) is 0 Å². The molecule has 21 heavy (non-hydrogen) atoms. The zero-order valence-electron chi connectivity index (χ0n) is 12.5. The van der Waals surface area contributed by atoms with Crippen molar-refractivity contribution in [2.45, 2.75) is 32.8 Å². The molecule has 0 aromatic heterocycles. The van der Waals surface area contributed by atoms with E-state index in [1.807, 2.05) is 31.7 Å². The molecule has 0 spiro atoms. The largest absolute Gasteiger partial charge is 0.491 e. The van der Waals surface area contributed by atoms with Crippen LogP contribution < -0.4 is 10.1 Å². The molecule has 0 aliphatic carbocycles. The molecule has 0 saturated carbocycles. The molecule has 0 unspecified atom stereocenters. The number of nitrogens with zero attached hydrogens (tertiary/aromatic N) is 1. The van der Waals surface area contributed by atoms with Crippen molar-refractivity contribution >= 4 is 23.1 Å². The topological polar surface area (TPSA) is 64.4 Å². The fraction of sp³-hybridized carbons (Fsp3) is 0.600. The maximum absolute atomic E-state index is 11.0. The van der Waals surface area contributed by atoms with Gasteiger partial charge in [0.15, 0.2) is 0 Å². The standard InChI is InChI=1S/C15H22N2O3S/c1-11(2)20-15-8-13(7-14(9-15)17(18)19)16-10-12-3-5-21-6-4-12/h7-9,11-12,16H,3-6,10H2,1-2H3. The number of rotatable bonds is 6. The van der Waals surface area contributed by atoms with Gasteiger partial charge < -0.3 is 10.1 Å². The van der Waals surface area contributed by atoms with Gasteiger partial charge in [-0.3, -0.25) is 10.1 Å². The van der Waals surface area contributed by atoms with Crippen molar-refractivity contribution < 1.29 is 9.66 Å². The van der Waals surface area contributed by atoms with Crippen LogP contribution in [0.15, 0.2) is 18.2 Å². The lowest BCUT2D eigenvalue weighted by Gasteiger charge is -2.22. The Balaban J connectivity index is 2.05. The van der Waals surface area contributed by atoms with Crippen LogP contribution in [0.2, 0.25) is 0 Å². The lowest BCUT2D eigenvalue weighted by Crippen LogP contribution is -2.19. The number of ether oxygens (including phenoxy) is 1. The highest BCUT2D eigenvalue weighted by atomic mass is 32.2. The second-order valence-corrected chi connectivity index (χ2v) is 6.80. The van der Waals surface area contributed by atoms with E-state index < -0.39 is 0 Å². The van der Waals surface area contributed by atoms with Crippen LogP contribution in [-0.4, -0.2) is 29.1 Å². The number of nitro benzene ring substituents is 1. The van der Waals surface area contributed by atoms with Crippen molar-refractivity contribution in [3.8, 4) is 5.75 Å². The summed E-state index contributed by atoms with van der Waals surface area (Å²) in [5.74, 6) is 3.62. The average molecular weight is 310 g/mol. The van der Waals surface area contributed by atoms with Crippen molar-refractivity contribution in [1.82, 2.24) is 0 Å². The molecule has 1 aromatic carbocycles. The van der Waals surface area contributed by atoms with Gasteiger partial charge in [-0.15, -0.1) is 0 Å². The predicted octanol–water partition coefficient (Wildman–Crippen LogP) is 3.94. The first-order valence-corrected chi connectivity index (χ1v) is 8.48. The summed E-state index contributed by atoms with van der Waals surface area (Å²) in [6.45, 7) is 4.68.